The van der Waals surface area contributed by atoms with Crippen molar-refractivity contribution in [1.82, 2.24) is 14.5 Å². The lowest BCUT2D eigenvalue weighted by atomic mass is 9.92. The summed E-state index contributed by atoms with van der Waals surface area (Å²) in [5, 5.41) is 2.93. The summed E-state index contributed by atoms with van der Waals surface area (Å²) in [4.78, 5) is 14.7. The highest BCUT2D eigenvalue weighted by molar-refractivity contribution is 7.89. The van der Waals surface area contributed by atoms with E-state index in [2.05, 4.69) is 24.1 Å². The Kier molecular flexibility index (Phi) is 8.86. The highest BCUT2D eigenvalue weighted by Gasteiger charge is 2.22. The monoisotopic (exact) mass is 421 g/mol. The van der Waals surface area contributed by atoms with Crippen molar-refractivity contribution in [2.45, 2.75) is 39.0 Å². The molecule has 1 fully saturated rings. The number of sulfonamides is 1. The zero-order chi connectivity index (χ0) is 21.4. The highest BCUT2D eigenvalue weighted by Crippen LogP contribution is 2.20. The molecule has 29 heavy (non-hydrogen) atoms. The number of nitrogens with one attached hydrogen (secondary N) is 1. The molecule has 1 aromatic carbocycles. The van der Waals surface area contributed by atoms with Gasteiger partial charge in [-0.05, 0) is 42.0 Å². The van der Waals surface area contributed by atoms with Crippen molar-refractivity contribution in [1.29, 1.82) is 0 Å². The van der Waals surface area contributed by atoms with E-state index in [1.807, 2.05) is 13.8 Å². The summed E-state index contributed by atoms with van der Waals surface area (Å²) in [7, 11) is -3.45. The molecule has 0 radical (unpaired) electrons. The van der Waals surface area contributed by atoms with Crippen LogP contribution < -0.4 is 5.32 Å². The summed E-state index contributed by atoms with van der Waals surface area (Å²) >= 11 is 0. The largest absolute Gasteiger partial charge is 0.351 e. The lowest BCUT2D eigenvalue weighted by Gasteiger charge is -2.34. The van der Waals surface area contributed by atoms with Gasteiger partial charge in [0.25, 0.3) is 0 Å². The Morgan fingerprint density at radius 2 is 1.72 bits per heavy atom. The molecule has 1 saturated heterocycles. The molecule has 2 rings (SSSR count). The number of nitrogens with zero attached hydrogens (tertiary/aromatic N) is 2. The standard InChI is InChI=1S/C22H35N3O3S/c1-5-25(6-2)29(27,28)21-10-7-20(8-11-21)9-12-22(26)23-13-14-24-16-18(3)15-19(4)17-24/h7-12,18-19H,5-6,13-17H2,1-4H3,(H,23,26)/b12-9+. The lowest BCUT2D eigenvalue weighted by Crippen LogP contribution is -2.42. The molecule has 0 aliphatic carbocycles. The molecular formula is C22H35N3O3S. The van der Waals surface area contributed by atoms with Crippen molar-refractivity contribution >= 4 is 22.0 Å². The van der Waals surface area contributed by atoms with Crippen LogP contribution >= 0.6 is 0 Å². The third kappa shape index (κ3) is 6.94. The zero-order valence-electron chi connectivity index (χ0n) is 18.1. The number of benzene rings is 1. The number of hydrogen-bond donors (Lipinski definition) is 1. The van der Waals surface area contributed by atoms with Crippen molar-refractivity contribution in [3.05, 3.63) is 35.9 Å². The molecule has 7 heteroatoms. The van der Waals surface area contributed by atoms with Crippen LogP contribution in [0.25, 0.3) is 6.08 Å². The van der Waals surface area contributed by atoms with Gasteiger partial charge in [0, 0.05) is 45.3 Å². The Morgan fingerprint density at radius 3 is 2.28 bits per heavy atom. The molecule has 1 aliphatic rings. The summed E-state index contributed by atoms with van der Waals surface area (Å²) in [5.74, 6) is 1.29. The van der Waals surface area contributed by atoms with Crippen molar-refractivity contribution in [3.8, 4) is 0 Å². The average molecular weight is 422 g/mol. The van der Waals surface area contributed by atoms with E-state index in [0.717, 1.165) is 25.2 Å². The third-order valence-corrected chi connectivity index (χ3v) is 7.39. The van der Waals surface area contributed by atoms with E-state index in [1.165, 1.54) is 16.8 Å². The van der Waals surface area contributed by atoms with Gasteiger partial charge in [-0.25, -0.2) is 8.42 Å². The van der Waals surface area contributed by atoms with E-state index in [9.17, 15) is 13.2 Å². The van der Waals surface area contributed by atoms with Crippen LogP contribution in [0.1, 0.15) is 39.7 Å². The molecule has 2 unspecified atom stereocenters. The molecule has 162 valence electrons. The molecule has 1 amide bonds. The maximum Gasteiger partial charge on any atom is 0.244 e. The first kappa shape index (κ1) is 23.6. The Bertz CT molecular complexity index is 776. The van der Waals surface area contributed by atoms with Crippen molar-refractivity contribution in [2.24, 2.45) is 11.8 Å². The second-order valence-electron chi connectivity index (χ2n) is 7.99. The second-order valence-corrected chi connectivity index (χ2v) is 9.93. The molecule has 1 heterocycles. The Labute approximate surface area is 176 Å². The van der Waals surface area contributed by atoms with Crippen LogP contribution in [0.2, 0.25) is 0 Å². The normalized spacial score (nSPS) is 21.0. The van der Waals surface area contributed by atoms with Gasteiger partial charge >= 0.3 is 0 Å². The number of hydrogen-bond acceptors (Lipinski definition) is 4. The van der Waals surface area contributed by atoms with Gasteiger partial charge < -0.3 is 10.2 Å². The number of rotatable bonds is 9. The number of likely N-dealkylation sites (tertiary alicyclic amines) is 1. The number of amides is 1. The molecule has 6 nitrogen and oxygen atoms in total. The molecule has 1 aromatic rings. The molecule has 0 spiro atoms. The van der Waals surface area contributed by atoms with Crippen molar-refractivity contribution in [2.75, 3.05) is 39.3 Å². The quantitative estimate of drug-likeness (QED) is 0.623. The average Bonchev–Trinajstić information content (AvgIpc) is 2.66. The predicted octanol–water partition coefficient (Wildman–Crippen LogP) is 2.82. The predicted molar refractivity (Wildman–Crippen MR) is 118 cm³/mol. The Balaban J connectivity index is 1.84. The summed E-state index contributed by atoms with van der Waals surface area (Å²) < 4.78 is 26.4. The smallest absolute Gasteiger partial charge is 0.244 e. The second kappa shape index (κ2) is 10.9. The van der Waals surface area contributed by atoms with Gasteiger partial charge in [-0.2, -0.15) is 4.31 Å². The fraction of sp³-hybridized carbons (Fsp3) is 0.591. The van der Waals surface area contributed by atoms with Gasteiger partial charge in [0.2, 0.25) is 15.9 Å². The maximum absolute atomic E-state index is 12.5. The van der Waals surface area contributed by atoms with Crippen LogP contribution in [0.4, 0.5) is 0 Å². The van der Waals surface area contributed by atoms with Crippen molar-refractivity contribution < 1.29 is 13.2 Å². The van der Waals surface area contributed by atoms with Crippen LogP contribution in [-0.4, -0.2) is 62.8 Å². The van der Waals surface area contributed by atoms with Gasteiger partial charge in [0.1, 0.15) is 0 Å². The minimum Gasteiger partial charge on any atom is -0.351 e. The van der Waals surface area contributed by atoms with Crippen molar-refractivity contribution in [3.63, 3.8) is 0 Å². The molecule has 0 bridgehead atoms. The van der Waals surface area contributed by atoms with Gasteiger partial charge in [-0.3, -0.25) is 4.79 Å². The number of carbonyl (C=O) groups excluding carboxylic acids is 1. The third-order valence-electron chi connectivity index (χ3n) is 5.32. The summed E-state index contributed by atoms with van der Waals surface area (Å²) in [6.45, 7) is 12.8. The van der Waals surface area contributed by atoms with Crippen LogP contribution in [0.15, 0.2) is 35.2 Å². The van der Waals surface area contributed by atoms with E-state index < -0.39 is 10.0 Å². The summed E-state index contributed by atoms with van der Waals surface area (Å²) in [6, 6.07) is 6.61. The number of carbonyl (C=O) groups is 1. The van der Waals surface area contributed by atoms with E-state index in [4.69, 9.17) is 0 Å². The topological polar surface area (TPSA) is 69.7 Å². The van der Waals surface area contributed by atoms with Crippen LogP contribution in [-0.2, 0) is 14.8 Å². The maximum atomic E-state index is 12.5. The van der Waals surface area contributed by atoms with Gasteiger partial charge in [0.05, 0.1) is 4.90 Å². The first-order valence-electron chi connectivity index (χ1n) is 10.5. The minimum atomic E-state index is -3.45. The SMILES string of the molecule is CCN(CC)S(=O)(=O)c1ccc(/C=C/C(=O)NCCN2CC(C)CC(C)C2)cc1. The minimum absolute atomic E-state index is 0.136. The zero-order valence-corrected chi connectivity index (χ0v) is 18.9. The fourth-order valence-electron chi connectivity index (χ4n) is 4.01. The van der Waals surface area contributed by atoms with Gasteiger partial charge in [-0.1, -0.05) is 39.8 Å². The Hall–Kier alpha value is -1.70. The summed E-state index contributed by atoms with van der Waals surface area (Å²) in [6.07, 6.45) is 4.48. The first-order chi connectivity index (χ1) is 13.8. The van der Waals surface area contributed by atoms with Crippen LogP contribution in [0, 0.1) is 11.8 Å². The molecule has 1 N–H and O–H groups in total. The number of piperidine rings is 1. The first-order valence-corrected chi connectivity index (χ1v) is 12.0. The molecular weight excluding hydrogens is 386 g/mol. The van der Waals surface area contributed by atoms with E-state index in [-0.39, 0.29) is 10.8 Å². The van der Waals surface area contributed by atoms with Crippen LogP contribution in [0.3, 0.4) is 0 Å². The van der Waals surface area contributed by atoms with Gasteiger partial charge in [0.15, 0.2) is 0 Å². The Morgan fingerprint density at radius 1 is 1.14 bits per heavy atom. The lowest BCUT2D eigenvalue weighted by molar-refractivity contribution is -0.116. The van der Waals surface area contributed by atoms with E-state index in [1.54, 1.807) is 30.3 Å². The fourth-order valence-corrected chi connectivity index (χ4v) is 5.46. The van der Waals surface area contributed by atoms with Gasteiger partial charge in [-0.15, -0.1) is 0 Å². The van der Waals surface area contributed by atoms with E-state index in [0.29, 0.717) is 31.5 Å². The summed E-state index contributed by atoms with van der Waals surface area (Å²) in [5.41, 5.74) is 0.789. The molecule has 0 saturated carbocycles. The van der Waals surface area contributed by atoms with Crippen LogP contribution in [0.5, 0.6) is 0 Å². The molecule has 0 aromatic heterocycles. The molecule has 1 aliphatic heterocycles. The highest BCUT2D eigenvalue weighted by atomic mass is 32.2. The van der Waals surface area contributed by atoms with E-state index >= 15 is 0 Å². The molecule has 2 atom stereocenters.